The lowest BCUT2D eigenvalue weighted by atomic mass is 10.1. The van der Waals surface area contributed by atoms with Gasteiger partial charge in [0.05, 0.1) is 5.76 Å². The van der Waals surface area contributed by atoms with E-state index in [2.05, 4.69) is 31.1 Å². The maximum absolute atomic E-state index is 9.84. The highest BCUT2D eigenvalue weighted by atomic mass is 28.3. The summed E-state index contributed by atoms with van der Waals surface area (Å²) in [5.74, 6) is 3.12. The molecule has 1 rings (SSSR count). The van der Waals surface area contributed by atoms with E-state index in [4.69, 9.17) is 5.11 Å². The van der Waals surface area contributed by atoms with Crippen molar-refractivity contribution in [3.63, 3.8) is 0 Å². The van der Waals surface area contributed by atoms with Crippen LogP contribution in [0.5, 0.6) is 0 Å². The molecule has 0 aliphatic heterocycles. The first-order valence-corrected chi connectivity index (χ1v) is 7.98. The number of hydrogen-bond donors (Lipinski definition) is 2. The smallest absolute Gasteiger partial charge is 0.147 e. The Kier molecular flexibility index (Phi) is 2.55. The van der Waals surface area contributed by atoms with Crippen molar-refractivity contribution in [2.75, 3.05) is 0 Å². The van der Waals surface area contributed by atoms with Crippen LogP contribution in [-0.2, 0) is 0 Å². The molecule has 2 nitrogen and oxygen atoms in total. The van der Waals surface area contributed by atoms with Gasteiger partial charge in [-0.3, -0.25) is 0 Å². The molecule has 0 heterocycles. The Morgan fingerprint density at radius 2 is 2.08 bits per heavy atom. The van der Waals surface area contributed by atoms with Crippen LogP contribution < -0.4 is 0 Å². The Morgan fingerprint density at radius 3 is 2.46 bits per heavy atom. The van der Waals surface area contributed by atoms with E-state index >= 15 is 0 Å². The molecule has 1 aliphatic rings. The van der Waals surface area contributed by atoms with Crippen molar-refractivity contribution in [3.05, 3.63) is 11.8 Å². The summed E-state index contributed by atoms with van der Waals surface area (Å²) in [4.78, 5) is 0. The molecule has 0 bridgehead atoms. The monoisotopic (exact) mass is 196 g/mol. The topological polar surface area (TPSA) is 40.5 Å². The SMILES string of the molecule is C[Si](C)(C)C#C[C@@]1(O)C=C(O)CC1. The highest BCUT2D eigenvalue weighted by Crippen LogP contribution is 2.25. The third-order valence-electron chi connectivity index (χ3n) is 1.82. The standard InChI is InChI=1S/C10H16O2Si/c1-13(2,3)7-6-10(12)5-4-9(11)8-10/h8,11-12H,4-5H2,1-3H3/t10-/m1/s1. The zero-order valence-corrected chi connectivity index (χ0v) is 9.39. The Balaban J connectivity index is 2.78. The Bertz CT molecular complexity index is 290. The summed E-state index contributed by atoms with van der Waals surface area (Å²) < 4.78 is 0. The second kappa shape index (κ2) is 3.21. The predicted molar refractivity (Wildman–Crippen MR) is 56.0 cm³/mol. The lowest BCUT2D eigenvalue weighted by Crippen LogP contribution is -2.23. The minimum absolute atomic E-state index is 0.257. The molecule has 0 unspecified atom stereocenters. The van der Waals surface area contributed by atoms with Crippen LogP contribution in [0.2, 0.25) is 19.6 Å². The average Bonchev–Trinajstić information content (AvgIpc) is 2.27. The molecule has 2 N–H and O–H groups in total. The minimum Gasteiger partial charge on any atom is -0.513 e. The summed E-state index contributed by atoms with van der Waals surface area (Å²) >= 11 is 0. The maximum Gasteiger partial charge on any atom is 0.147 e. The molecule has 13 heavy (non-hydrogen) atoms. The van der Waals surface area contributed by atoms with Crippen LogP contribution in [0.25, 0.3) is 0 Å². The Labute approximate surface area is 80.3 Å². The van der Waals surface area contributed by atoms with Gasteiger partial charge in [0, 0.05) is 6.42 Å². The van der Waals surface area contributed by atoms with Crippen LogP contribution in [0.3, 0.4) is 0 Å². The molecule has 0 saturated carbocycles. The van der Waals surface area contributed by atoms with Gasteiger partial charge in [0.15, 0.2) is 0 Å². The molecule has 3 heteroatoms. The number of rotatable bonds is 0. The molecule has 0 spiro atoms. The van der Waals surface area contributed by atoms with E-state index in [-0.39, 0.29) is 5.76 Å². The van der Waals surface area contributed by atoms with Crippen molar-refractivity contribution >= 4 is 8.07 Å². The van der Waals surface area contributed by atoms with Crippen molar-refractivity contribution in [1.82, 2.24) is 0 Å². The predicted octanol–water partition coefficient (Wildman–Crippen LogP) is 1.83. The van der Waals surface area contributed by atoms with Crippen molar-refractivity contribution < 1.29 is 10.2 Å². The molecule has 0 aromatic rings. The molecule has 0 fully saturated rings. The average molecular weight is 196 g/mol. The fourth-order valence-electron chi connectivity index (χ4n) is 1.13. The third kappa shape index (κ3) is 3.25. The van der Waals surface area contributed by atoms with Gasteiger partial charge >= 0.3 is 0 Å². The molecule has 0 aromatic carbocycles. The summed E-state index contributed by atoms with van der Waals surface area (Å²) in [5, 5.41) is 19.0. The van der Waals surface area contributed by atoms with Gasteiger partial charge in [0.2, 0.25) is 0 Å². The number of allylic oxidation sites excluding steroid dienone is 1. The van der Waals surface area contributed by atoms with Crippen LogP contribution in [0.4, 0.5) is 0 Å². The van der Waals surface area contributed by atoms with Gasteiger partial charge in [-0.1, -0.05) is 25.6 Å². The van der Waals surface area contributed by atoms with E-state index in [0.29, 0.717) is 12.8 Å². The number of aliphatic hydroxyl groups excluding tert-OH is 1. The van der Waals surface area contributed by atoms with Gasteiger partial charge in [-0.2, -0.15) is 0 Å². The first kappa shape index (κ1) is 10.4. The fraction of sp³-hybridized carbons (Fsp3) is 0.600. The van der Waals surface area contributed by atoms with Crippen LogP contribution in [0.15, 0.2) is 11.8 Å². The van der Waals surface area contributed by atoms with E-state index in [1.54, 1.807) is 0 Å². The van der Waals surface area contributed by atoms with Crippen molar-refractivity contribution in [2.45, 2.75) is 38.1 Å². The largest absolute Gasteiger partial charge is 0.513 e. The van der Waals surface area contributed by atoms with E-state index in [9.17, 15) is 5.11 Å². The normalized spacial score (nSPS) is 27.8. The minimum atomic E-state index is -1.43. The van der Waals surface area contributed by atoms with Crippen LogP contribution in [-0.4, -0.2) is 23.9 Å². The van der Waals surface area contributed by atoms with E-state index < -0.39 is 13.7 Å². The first-order chi connectivity index (χ1) is 5.81. The highest BCUT2D eigenvalue weighted by molar-refractivity contribution is 6.83. The second-order valence-corrected chi connectivity index (χ2v) is 9.31. The number of hydrogen-bond acceptors (Lipinski definition) is 2. The molecule has 1 atom stereocenters. The summed E-state index contributed by atoms with van der Waals surface area (Å²) in [6.45, 7) is 6.38. The molecule has 0 saturated heterocycles. The number of aliphatic hydroxyl groups is 2. The molecule has 0 radical (unpaired) electrons. The van der Waals surface area contributed by atoms with Crippen LogP contribution in [0, 0.1) is 11.5 Å². The lowest BCUT2D eigenvalue weighted by molar-refractivity contribution is 0.153. The molecule has 72 valence electrons. The quantitative estimate of drug-likeness (QED) is 0.458. The van der Waals surface area contributed by atoms with Gasteiger partial charge < -0.3 is 10.2 Å². The van der Waals surface area contributed by atoms with Crippen molar-refractivity contribution in [2.24, 2.45) is 0 Å². The van der Waals surface area contributed by atoms with E-state index in [1.807, 2.05) is 0 Å². The van der Waals surface area contributed by atoms with Gasteiger partial charge in [-0.25, -0.2) is 0 Å². The Morgan fingerprint density at radius 1 is 1.46 bits per heavy atom. The van der Waals surface area contributed by atoms with Gasteiger partial charge in [0.1, 0.15) is 13.7 Å². The van der Waals surface area contributed by atoms with Crippen molar-refractivity contribution in [3.8, 4) is 11.5 Å². The zero-order chi connectivity index (χ0) is 10.1. The van der Waals surface area contributed by atoms with E-state index in [1.165, 1.54) is 6.08 Å². The molecule has 1 aliphatic carbocycles. The zero-order valence-electron chi connectivity index (χ0n) is 8.39. The highest BCUT2D eigenvalue weighted by Gasteiger charge is 2.28. The van der Waals surface area contributed by atoms with Crippen LogP contribution in [0.1, 0.15) is 12.8 Å². The lowest BCUT2D eigenvalue weighted by Gasteiger charge is -2.12. The maximum atomic E-state index is 9.84. The first-order valence-electron chi connectivity index (χ1n) is 4.48. The molecular weight excluding hydrogens is 180 g/mol. The molecule has 0 amide bonds. The Hall–Kier alpha value is -0.723. The summed E-state index contributed by atoms with van der Waals surface area (Å²) in [6, 6.07) is 0. The van der Waals surface area contributed by atoms with Crippen molar-refractivity contribution in [1.29, 1.82) is 0 Å². The van der Waals surface area contributed by atoms with Crippen LogP contribution >= 0.6 is 0 Å². The summed E-state index contributed by atoms with van der Waals surface area (Å²) in [6.07, 6.45) is 2.52. The fourth-order valence-corrected chi connectivity index (χ4v) is 1.72. The van der Waals surface area contributed by atoms with E-state index in [0.717, 1.165) is 0 Å². The molecular formula is C10H16O2Si. The van der Waals surface area contributed by atoms with Gasteiger partial charge in [0.25, 0.3) is 0 Å². The second-order valence-electron chi connectivity index (χ2n) is 4.56. The van der Waals surface area contributed by atoms with Gasteiger partial charge in [-0.15, -0.1) is 5.54 Å². The van der Waals surface area contributed by atoms with Gasteiger partial charge in [-0.05, 0) is 12.5 Å². The third-order valence-corrected chi connectivity index (χ3v) is 2.70. The summed E-state index contributed by atoms with van der Waals surface area (Å²) in [7, 11) is -1.43. The summed E-state index contributed by atoms with van der Waals surface area (Å²) in [5.41, 5.74) is 2.04. The molecule has 0 aromatic heterocycles.